The minimum Gasteiger partial charge on any atom is -0.313 e. The molecule has 0 fully saturated rings. The number of aryl methyl sites for hydroxylation is 1. The fourth-order valence-electron chi connectivity index (χ4n) is 1.92. The molecule has 0 unspecified atom stereocenters. The molecule has 3 nitrogen and oxygen atoms in total. The van der Waals surface area contributed by atoms with Crippen molar-refractivity contribution in [1.82, 2.24) is 4.57 Å². The summed E-state index contributed by atoms with van der Waals surface area (Å²) < 4.78 is 3.89. The number of halogens is 3. The van der Waals surface area contributed by atoms with Gasteiger partial charge in [-0.15, -0.1) is 0 Å². The van der Waals surface area contributed by atoms with Crippen LogP contribution in [0.25, 0.3) is 0 Å². The molecule has 2 aromatic rings. The Morgan fingerprint density at radius 2 is 1.71 bits per heavy atom. The first kappa shape index (κ1) is 16.6. The van der Waals surface area contributed by atoms with Crippen LogP contribution in [0.1, 0.15) is 23.2 Å². The molecule has 1 aromatic heterocycles. The molecule has 21 heavy (non-hydrogen) atoms. The number of nitrogens with zero attached hydrogens (tertiary/aromatic N) is 1. The first-order valence-electron chi connectivity index (χ1n) is 6.31. The van der Waals surface area contributed by atoms with Crippen LogP contribution in [-0.4, -0.2) is 10.4 Å². The van der Waals surface area contributed by atoms with Gasteiger partial charge in [-0.25, -0.2) is 0 Å². The SMILES string of the molecule is O=C(CCCn1cc(Br)cc(Br)c1=O)c1ccc(Br)cc1. The maximum Gasteiger partial charge on any atom is 0.264 e. The third kappa shape index (κ3) is 4.63. The van der Waals surface area contributed by atoms with Crippen molar-refractivity contribution in [2.45, 2.75) is 19.4 Å². The molecule has 1 aromatic carbocycles. The molecule has 0 saturated heterocycles. The Bertz CT molecular complexity index is 708. The number of rotatable bonds is 5. The van der Waals surface area contributed by atoms with E-state index in [1.165, 1.54) is 0 Å². The molecule has 0 aliphatic carbocycles. The molecule has 1 heterocycles. The van der Waals surface area contributed by atoms with Gasteiger partial charge in [-0.3, -0.25) is 9.59 Å². The summed E-state index contributed by atoms with van der Waals surface area (Å²) in [6.07, 6.45) is 2.77. The van der Waals surface area contributed by atoms with E-state index >= 15 is 0 Å². The van der Waals surface area contributed by atoms with E-state index in [4.69, 9.17) is 0 Å². The summed E-state index contributed by atoms with van der Waals surface area (Å²) in [5.41, 5.74) is 0.607. The summed E-state index contributed by atoms with van der Waals surface area (Å²) in [4.78, 5) is 24.0. The van der Waals surface area contributed by atoms with Crippen molar-refractivity contribution in [3.8, 4) is 0 Å². The molecular weight excluding hydrogens is 466 g/mol. The monoisotopic (exact) mass is 475 g/mol. The smallest absolute Gasteiger partial charge is 0.264 e. The van der Waals surface area contributed by atoms with Gasteiger partial charge in [-0.1, -0.05) is 28.1 Å². The molecule has 2 rings (SSSR count). The summed E-state index contributed by atoms with van der Waals surface area (Å²) in [5, 5.41) is 0. The lowest BCUT2D eigenvalue weighted by Crippen LogP contribution is -2.20. The van der Waals surface area contributed by atoms with Gasteiger partial charge in [0.05, 0.1) is 4.47 Å². The maximum atomic E-state index is 12.0. The van der Waals surface area contributed by atoms with Gasteiger partial charge in [0, 0.05) is 33.7 Å². The van der Waals surface area contributed by atoms with Crippen molar-refractivity contribution in [2.24, 2.45) is 0 Å². The van der Waals surface area contributed by atoms with Crippen LogP contribution in [0.4, 0.5) is 0 Å². The van der Waals surface area contributed by atoms with Crippen molar-refractivity contribution in [3.05, 3.63) is 65.9 Å². The molecule has 0 atom stereocenters. The first-order valence-corrected chi connectivity index (χ1v) is 8.69. The molecule has 0 saturated carbocycles. The minimum atomic E-state index is -0.0886. The van der Waals surface area contributed by atoms with E-state index in [0.717, 1.165) is 8.95 Å². The van der Waals surface area contributed by atoms with Crippen LogP contribution in [0.15, 0.2) is 54.7 Å². The number of ketones is 1. The summed E-state index contributed by atoms with van der Waals surface area (Å²) in [6, 6.07) is 9.01. The summed E-state index contributed by atoms with van der Waals surface area (Å²) in [6.45, 7) is 0.513. The number of hydrogen-bond acceptors (Lipinski definition) is 2. The van der Waals surface area contributed by atoms with Gasteiger partial charge in [-0.05, 0) is 56.5 Å². The van der Waals surface area contributed by atoms with Crippen LogP contribution >= 0.6 is 47.8 Å². The fourth-order valence-corrected chi connectivity index (χ4v) is 3.44. The Morgan fingerprint density at radius 1 is 1.05 bits per heavy atom. The summed E-state index contributed by atoms with van der Waals surface area (Å²) in [7, 11) is 0. The van der Waals surface area contributed by atoms with Crippen molar-refractivity contribution in [2.75, 3.05) is 0 Å². The largest absolute Gasteiger partial charge is 0.313 e. The number of benzene rings is 1. The number of Topliss-reactive ketones (excluding diaryl/α,β-unsaturated/α-hetero) is 1. The van der Waals surface area contributed by atoms with Crippen LogP contribution in [-0.2, 0) is 6.54 Å². The van der Waals surface area contributed by atoms with Crippen molar-refractivity contribution < 1.29 is 4.79 Å². The van der Waals surface area contributed by atoms with Gasteiger partial charge in [0.1, 0.15) is 0 Å². The average molecular weight is 478 g/mol. The number of aromatic nitrogens is 1. The van der Waals surface area contributed by atoms with E-state index in [1.807, 2.05) is 12.1 Å². The third-order valence-electron chi connectivity index (χ3n) is 2.98. The second-order valence-electron chi connectivity index (χ2n) is 4.54. The highest BCUT2D eigenvalue weighted by atomic mass is 79.9. The highest BCUT2D eigenvalue weighted by Gasteiger charge is 2.07. The second kappa shape index (κ2) is 7.51. The zero-order valence-corrected chi connectivity index (χ0v) is 15.7. The van der Waals surface area contributed by atoms with E-state index < -0.39 is 0 Å². The lowest BCUT2D eigenvalue weighted by atomic mass is 10.1. The Kier molecular flexibility index (Phi) is 5.96. The zero-order valence-electron chi connectivity index (χ0n) is 11.0. The minimum absolute atomic E-state index is 0.0876. The van der Waals surface area contributed by atoms with E-state index in [-0.39, 0.29) is 11.3 Å². The standard InChI is InChI=1S/C15H12Br3NO2/c16-11-5-3-10(4-6-11)14(20)2-1-7-19-9-12(17)8-13(18)15(19)21/h3-6,8-9H,1-2,7H2. The highest BCUT2D eigenvalue weighted by Crippen LogP contribution is 2.15. The molecule has 0 bridgehead atoms. The van der Waals surface area contributed by atoms with Crippen LogP contribution < -0.4 is 5.56 Å². The number of pyridine rings is 1. The number of hydrogen-bond donors (Lipinski definition) is 0. The summed E-state index contributed by atoms with van der Waals surface area (Å²) in [5.74, 6) is 0.0876. The quantitative estimate of drug-likeness (QED) is 0.580. The van der Waals surface area contributed by atoms with Crippen molar-refractivity contribution >= 4 is 53.6 Å². The van der Waals surface area contributed by atoms with E-state index in [9.17, 15) is 9.59 Å². The van der Waals surface area contributed by atoms with E-state index in [1.54, 1.807) is 29.0 Å². The molecule has 0 aliphatic heterocycles. The normalized spacial score (nSPS) is 10.6. The molecule has 110 valence electrons. The zero-order chi connectivity index (χ0) is 15.4. The molecule has 0 spiro atoms. The van der Waals surface area contributed by atoms with Gasteiger partial charge in [0.15, 0.2) is 5.78 Å². The molecule has 0 radical (unpaired) electrons. The summed E-state index contributed by atoms with van der Waals surface area (Å²) >= 11 is 9.92. The van der Waals surface area contributed by atoms with Gasteiger partial charge in [0.25, 0.3) is 5.56 Å². The predicted molar refractivity (Wildman–Crippen MR) is 93.8 cm³/mol. The lowest BCUT2D eigenvalue weighted by Gasteiger charge is -2.07. The number of carbonyl (C=O) groups is 1. The highest BCUT2D eigenvalue weighted by molar-refractivity contribution is 9.11. The Labute approximate surface area is 147 Å². The molecule has 0 N–H and O–H groups in total. The Morgan fingerprint density at radius 3 is 2.38 bits per heavy atom. The van der Waals surface area contributed by atoms with Gasteiger partial charge >= 0.3 is 0 Å². The van der Waals surface area contributed by atoms with Gasteiger partial charge in [-0.2, -0.15) is 0 Å². The van der Waals surface area contributed by atoms with Gasteiger partial charge in [0.2, 0.25) is 0 Å². The van der Waals surface area contributed by atoms with Crippen LogP contribution in [0.2, 0.25) is 0 Å². The van der Waals surface area contributed by atoms with Crippen molar-refractivity contribution in [1.29, 1.82) is 0 Å². The van der Waals surface area contributed by atoms with E-state index in [0.29, 0.717) is 29.4 Å². The number of carbonyl (C=O) groups excluding carboxylic acids is 1. The molecular formula is C15H12Br3NO2. The second-order valence-corrected chi connectivity index (χ2v) is 7.22. The van der Waals surface area contributed by atoms with Crippen LogP contribution in [0.3, 0.4) is 0 Å². The predicted octanol–water partition coefficient (Wildman–Crippen LogP) is 4.80. The van der Waals surface area contributed by atoms with Crippen LogP contribution in [0, 0.1) is 0 Å². The maximum absolute atomic E-state index is 12.0. The van der Waals surface area contributed by atoms with Crippen molar-refractivity contribution in [3.63, 3.8) is 0 Å². The Hall–Kier alpha value is -0.720. The first-order chi connectivity index (χ1) is 9.97. The average Bonchev–Trinajstić information content (AvgIpc) is 2.44. The molecule has 0 aliphatic rings. The molecule has 6 heteroatoms. The topological polar surface area (TPSA) is 39.1 Å². The van der Waals surface area contributed by atoms with Gasteiger partial charge < -0.3 is 4.57 Å². The molecule has 0 amide bonds. The Balaban J connectivity index is 1.97. The third-order valence-corrected chi connectivity index (χ3v) is 4.51. The lowest BCUT2D eigenvalue weighted by molar-refractivity contribution is 0.0978. The fraction of sp³-hybridized carbons (Fsp3) is 0.200. The van der Waals surface area contributed by atoms with E-state index in [2.05, 4.69) is 47.8 Å². The van der Waals surface area contributed by atoms with Crippen LogP contribution in [0.5, 0.6) is 0 Å².